The average Bonchev–Trinajstić information content (AvgIpc) is 2.81. The van der Waals surface area contributed by atoms with Gasteiger partial charge in [-0.2, -0.15) is 0 Å². The molecule has 1 fully saturated rings. The molecule has 5 heteroatoms. The Balaban J connectivity index is 2.20. The topological polar surface area (TPSA) is 58.2 Å². The molecule has 0 heterocycles. The largest absolute Gasteiger partial charge is 0.313 e. The quantitative estimate of drug-likeness (QED) is 0.682. The third-order valence-corrected chi connectivity index (χ3v) is 4.07. The van der Waals surface area contributed by atoms with E-state index in [1.807, 2.05) is 13.8 Å². The van der Waals surface area contributed by atoms with E-state index in [4.69, 9.17) is 0 Å². The van der Waals surface area contributed by atoms with Crippen LogP contribution < -0.4 is 10.0 Å². The first-order chi connectivity index (χ1) is 6.83. The summed E-state index contributed by atoms with van der Waals surface area (Å²) < 4.78 is 25.7. The van der Waals surface area contributed by atoms with Crippen LogP contribution in [0.3, 0.4) is 0 Å². The Morgan fingerprint density at radius 2 is 1.93 bits per heavy atom. The third-order valence-electron chi connectivity index (χ3n) is 2.75. The highest BCUT2D eigenvalue weighted by Gasteiger charge is 2.37. The highest BCUT2D eigenvalue weighted by Crippen LogP contribution is 2.44. The fraction of sp³-hybridized carbons (Fsp3) is 1.00. The van der Waals surface area contributed by atoms with Crippen molar-refractivity contribution in [2.24, 2.45) is 5.41 Å². The van der Waals surface area contributed by atoms with Crippen molar-refractivity contribution in [2.45, 2.75) is 39.7 Å². The zero-order valence-corrected chi connectivity index (χ0v) is 10.7. The Hall–Kier alpha value is -0.130. The molecule has 0 unspecified atom stereocenters. The standard InChI is InChI=1S/C10H22N2O2S/c1-9(2)11-6-7-15(13,14)12-8-10(3)4-5-10/h9,11-12H,4-8H2,1-3H3. The molecule has 0 aliphatic heterocycles. The maximum atomic E-state index is 11.5. The van der Waals surface area contributed by atoms with E-state index >= 15 is 0 Å². The van der Waals surface area contributed by atoms with E-state index in [1.165, 1.54) is 0 Å². The van der Waals surface area contributed by atoms with Crippen LogP contribution in [-0.2, 0) is 10.0 Å². The zero-order chi connectivity index (χ0) is 11.5. The van der Waals surface area contributed by atoms with Gasteiger partial charge in [0.2, 0.25) is 10.0 Å². The van der Waals surface area contributed by atoms with E-state index in [1.54, 1.807) is 0 Å². The minimum Gasteiger partial charge on any atom is -0.313 e. The van der Waals surface area contributed by atoms with Crippen molar-refractivity contribution >= 4 is 10.0 Å². The van der Waals surface area contributed by atoms with Gasteiger partial charge in [0.25, 0.3) is 0 Å². The second-order valence-electron chi connectivity index (χ2n) is 5.06. The van der Waals surface area contributed by atoms with Crippen LogP contribution >= 0.6 is 0 Å². The van der Waals surface area contributed by atoms with E-state index < -0.39 is 10.0 Å². The summed E-state index contributed by atoms with van der Waals surface area (Å²) in [7, 11) is -3.08. The van der Waals surface area contributed by atoms with Crippen molar-refractivity contribution in [3.05, 3.63) is 0 Å². The van der Waals surface area contributed by atoms with Crippen molar-refractivity contribution < 1.29 is 8.42 Å². The molecule has 0 atom stereocenters. The molecular formula is C10H22N2O2S. The summed E-state index contributed by atoms with van der Waals surface area (Å²) in [5.41, 5.74) is 0.235. The summed E-state index contributed by atoms with van der Waals surface area (Å²) in [6.07, 6.45) is 2.28. The van der Waals surface area contributed by atoms with Crippen molar-refractivity contribution in [2.75, 3.05) is 18.8 Å². The fourth-order valence-electron chi connectivity index (χ4n) is 1.23. The molecule has 0 aromatic rings. The van der Waals surface area contributed by atoms with Gasteiger partial charge in [-0.25, -0.2) is 13.1 Å². The number of sulfonamides is 1. The first-order valence-corrected chi connectivity index (χ1v) is 7.19. The molecule has 0 radical (unpaired) electrons. The van der Waals surface area contributed by atoms with E-state index in [9.17, 15) is 8.42 Å². The van der Waals surface area contributed by atoms with Crippen LogP contribution in [0.1, 0.15) is 33.6 Å². The lowest BCUT2D eigenvalue weighted by molar-refractivity contribution is 0.526. The highest BCUT2D eigenvalue weighted by molar-refractivity contribution is 7.89. The Kier molecular flexibility index (Phi) is 4.14. The molecule has 0 spiro atoms. The summed E-state index contributed by atoms with van der Waals surface area (Å²) in [6, 6.07) is 0.334. The third kappa shape index (κ3) is 5.49. The molecule has 0 bridgehead atoms. The van der Waals surface area contributed by atoms with Crippen LogP contribution in [0.5, 0.6) is 0 Å². The highest BCUT2D eigenvalue weighted by atomic mass is 32.2. The van der Waals surface area contributed by atoms with Gasteiger partial charge in [-0.1, -0.05) is 20.8 Å². The lowest BCUT2D eigenvalue weighted by atomic mass is 10.2. The van der Waals surface area contributed by atoms with Gasteiger partial charge in [0, 0.05) is 19.1 Å². The number of nitrogens with one attached hydrogen (secondary N) is 2. The average molecular weight is 234 g/mol. The molecule has 90 valence electrons. The Bertz CT molecular complexity index is 295. The summed E-state index contributed by atoms with van der Waals surface area (Å²) in [5.74, 6) is 0.168. The second kappa shape index (κ2) is 4.80. The van der Waals surface area contributed by atoms with Crippen LogP contribution in [0.15, 0.2) is 0 Å². The summed E-state index contributed by atoms with van der Waals surface area (Å²) >= 11 is 0. The van der Waals surface area contributed by atoms with Gasteiger partial charge in [0.15, 0.2) is 0 Å². The second-order valence-corrected chi connectivity index (χ2v) is 6.99. The van der Waals surface area contributed by atoms with Crippen molar-refractivity contribution in [3.8, 4) is 0 Å². The van der Waals surface area contributed by atoms with Gasteiger partial charge in [0.05, 0.1) is 5.75 Å². The van der Waals surface area contributed by atoms with Crippen LogP contribution in [0.25, 0.3) is 0 Å². The summed E-state index contributed by atoms with van der Waals surface area (Å²) in [4.78, 5) is 0. The fourth-order valence-corrected chi connectivity index (χ4v) is 2.33. The molecule has 0 aromatic carbocycles. The van der Waals surface area contributed by atoms with Crippen molar-refractivity contribution in [1.82, 2.24) is 10.0 Å². The minimum atomic E-state index is -3.08. The summed E-state index contributed by atoms with van der Waals surface area (Å²) in [5, 5.41) is 3.10. The number of hydrogen-bond donors (Lipinski definition) is 2. The van der Waals surface area contributed by atoms with Gasteiger partial charge in [-0.15, -0.1) is 0 Å². The first kappa shape index (κ1) is 12.9. The normalized spacial score (nSPS) is 19.5. The van der Waals surface area contributed by atoms with Crippen LogP contribution in [0, 0.1) is 5.41 Å². The molecule has 4 nitrogen and oxygen atoms in total. The smallest absolute Gasteiger partial charge is 0.212 e. The Morgan fingerprint density at radius 3 is 2.40 bits per heavy atom. The number of hydrogen-bond acceptors (Lipinski definition) is 3. The van der Waals surface area contributed by atoms with Crippen LogP contribution in [-0.4, -0.2) is 33.3 Å². The maximum absolute atomic E-state index is 11.5. The SMILES string of the molecule is CC(C)NCCS(=O)(=O)NCC1(C)CC1. The molecule has 1 rings (SSSR count). The predicted octanol–water partition coefficient (Wildman–Crippen LogP) is 0.704. The Morgan fingerprint density at radius 1 is 1.33 bits per heavy atom. The van der Waals surface area contributed by atoms with Gasteiger partial charge in [-0.3, -0.25) is 0 Å². The molecule has 2 N–H and O–H groups in total. The van der Waals surface area contributed by atoms with Gasteiger partial charge in [0.1, 0.15) is 0 Å². The molecule has 1 aliphatic carbocycles. The first-order valence-electron chi connectivity index (χ1n) is 5.54. The molecule has 1 aliphatic rings. The minimum absolute atomic E-state index is 0.168. The molecule has 1 saturated carbocycles. The van der Waals surface area contributed by atoms with Crippen LogP contribution in [0.2, 0.25) is 0 Å². The van der Waals surface area contributed by atoms with Gasteiger partial charge >= 0.3 is 0 Å². The molecule has 0 aromatic heterocycles. The van der Waals surface area contributed by atoms with E-state index in [2.05, 4.69) is 17.0 Å². The van der Waals surface area contributed by atoms with E-state index in [-0.39, 0.29) is 11.2 Å². The molecule has 0 saturated heterocycles. The van der Waals surface area contributed by atoms with E-state index in [0.717, 1.165) is 12.8 Å². The molecule has 0 amide bonds. The molecule has 15 heavy (non-hydrogen) atoms. The van der Waals surface area contributed by atoms with Crippen molar-refractivity contribution in [1.29, 1.82) is 0 Å². The monoisotopic (exact) mass is 234 g/mol. The van der Waals surface area contributed by atoms with Gasteiger partial charge in [-0.05, 0) is 18.3 Å². The van der Waals surface area contributed by atoms with E-state index in [0.29, 0.717) is 19.1 Å². The maximum Gasteiger partial charge on any atom is 0.212 e. The molecular weight excluding hydrogens is 212 g/mol. The Labute approximate surface area is 92.9 Å². The summed E-state index contributed by atoms with van der Waals surface area (Å²) in [6.45, 7) is 7.24. The predicted molar refractivity (Wildman–Crippen MR) is 62.3 cm³/mol. The lowest BCUT2D eigenvalue weighted by Crippen LogP contribution is -2.36. The lowest BCUT2D eigenvalue weighted by Gasteiger charge is -2.12. The van der Waals surface area contributed by atoms with Crippen molar-refractivity contribution in [3.63, 3.8) is 0 Å². The number of rotatable bonds is 7. The van der Waals surface area contributed by atoms with Crippen LogP contribution in [0.4, 0.5) is 0 Å². The zero-order valence-electron chi connectivity index (χ0n) is 9.84. The van der Waals surface area contributed by atoms with Gasteiger partial charge < -0.3 is 5.32 Å².